The molecule has 0 unspecified atom stereocenters. The minimum Gasteiger partial charge on any atom is -0.321 e. The first-order chi connectivity index (χ1) is 9.35. The average Bonchev–Trinajstić information content (AvgIpc) is 2.22. The fourth-order valence-corrected chi connectivity index (χ4v) is 4.55. The molecule has 1 saturated carbocycles. The van der Waals surface area contributed by atoms with E-state index in [1.807, 2.05) is 0 Å². The normalized spacial score (nSPS) is 23.8. The summed E-state index contributed by atoms with van der Waals surface area (Å²) in [5.74, 6) is 0. The van der Waals surface area contributed by atoms with E-state index in [0.29, 0.717) is 12.8 Å². The van der Waals surface area contributed by atoms with Crippen molar-refractivity contribution in [1.29, 1.82) is 0 Å². The zero-order valence-electron chi connectivity index (χ0n) is 13.1. The lowest BCUT2D eigenvalue weighted by molar-refractivity contribution is -0.139. The number of alkyl halides is 3. The van der Waals surface area contributed by atoms with Gasteiger partial charge >= 0.3 is 6.18 Å². The van der Waals surface area contributed by atoms with E-state index in [1.54, 1.807) is 12.1 Å². The summed E-state index contributed by atoms with van der Waals surface area (Å²) in [7, 11) is 0. The molecular weight excluding hydrogens is 275 g/mol. The van der Waals surface area contributed by atoms with Gasteiger partial charge in [0.1, 0.15) is 0 Å². The number of nitrogens with two attached hydrogens (primary N) is 1. The second-order valence-corrected chi connectivity index (χ2v) is 8.06. The monoisotopic (exact) mass is 299 g/mol. The minimum atomic E-state index is -4.37. The van der Waals surface area contributed by atoms with Crippen LogP contribution in [0.25, 0.3) is 0 Å². The molecule has 0 radical (unpaired) electrons. The Morgan fingerprint density at radius 2 is 1.38 bits per heavy atom. The van der Waals surface area contributed by atoms with E-state index in [-0.39, 0.29) is 16.4 Å². The summed E-state index contributed by atoms with van der Waals surface area (Å²) < 4.78 is 39.9. The number of rotatable bonds is 1. The van der Waals surface area contributed by atoms with Crippen molar-refractivity contribution in [3.05, 3.63) is 35.4 Å². The molecule has 118 valence electrons. The van der Waals surface area contributed by atoms with E-state index in [9.17, 15) is 13.2 Å². The van der Waals surface area contributed by atoms with E-state index in [2.05, 4.69) is 27.7 Å². The van der Waals surface area contributed by atoms with Gasteiger partial charge < -0.3 is 5.73 Å². The molecule has 2 rings (SSSR count). The molecule has 0 amide bonds. The molecule has 4 heteroatoms. The second kappa shape index (κ2) is 4.73. The summed E-state index contributed by atoms with van der Waals surface area (Å²) in [5, 5.41) is 0. The topological polar surface area (TPSA) is 26.0 Å². The van der Waals surface area contributed by atoms with Crippen LogP contribution >= 0.6 is 0 Å². The van der Waals surface area contributed by atoms with Crippen molar-refractivity contribution in [2.24, 2.45) is 16.6 Å². The second-order valence-electron chi connectivity index (χ2n) is 8.06. The van der Waals surface area contributed by atoms with Crippen LogP contribution in [0.3, 0.4) is 0 Å². The highest BCUT2D eigenvalue weighted by molar-refractivity contribution is 5.36. The quantitative estimate of drug-likeness (QED) is 0.767. The van der Waals surface area contributed by atoms with Gasteiger partial charge in [-0.25, -0.2) is 0 Å². The molecule has 0 bridgehead atoms. The van der Waals surface area contributed by atoms with Gasteiger partial charge in [0.05, 0.1) is 5.56 Å². The van der Waals surface area contributed by atoms with E-state index >= 15 is 0 Å². The molecule has 1 aromatic carbocycles. The van der Waals surface area contributed by atoms with Gasteiger partial charge in [-0.15, -0.1) is 0 Å². The maximum Gasteiger partial charge on any atom is 0.416 e. The largest absolute Gasteiger partial charge is 0.416 e. The summed E-state index contributed by atoms with van der Waals surface area (Å²) in [5.41, 5.74) is 5.09. The SMILES string of the molecule is CC1(C)CC(C)(C)CC(N)(c2ccccc2C(F)(F)F)C1. The van der Waals surface area contributed by atoms with Gasteiger partial charge in [-0.05, 0) is 41.7 Å². The van der Waals surface area contributed by atoms with Gasteiger partial charge in [0.2, 0.25) is 0 Å². The molecule has 0 saturated heterocycles. The van der Waals surface area contributed by atoms with Crippen molar-refractivity contribution in [3.63, 3.8) is 0 Å². The van der Waals surface area contributed by atoms with Gasteiger partial charge in [-0.3, -0.25) is 0 Å². The zero-order valence-corrected chi connectivity index (χ0v) is 13.1. The number of hydrogen-bond donors (Lipinski definition) is 1. The van der Waals surface area contributed by atoms with Crippen molar-refractivity contribution < 1.29 is 13.2 Å². The first-order valence-corrected chi connectivity index (χ1v) is 7.30. The molecule has 0 atom stereocenters. The Hall–Kier alpha value is -1.03. The van der Waals surface area contributed by atoms with E-state index < -0.39 is 17.3 Å². The van der Waals surface area contributed by atoms with Crippen molar-refractivity contribution in [2.75, 3.05) is 0 Å². The molecular formula is C17H24F3N. The van der Waals surface area contributed by atoms with Crippen LogP contribution in [0, 0.1) is 10.8 Å². The van der Waals surface area contributed by atoms with Gasteiger partial charge in [0, 0.05) is 5.54 Å². The van der Waals surface area contributed by atoms with Crippen molar-refractivity contribution in [1.82, 2.24) is 0 Å². The highest BCUT2D eigenvalue weighted by Gasteiger charge is 2.49. The lowest BCUT2D eigenvalue weighted by Gasteiger charge is -2.51. The van der Waals surface area contributed by atoms with E-state index in [0.717, 1.165) is 12.5 Å². The third-order valence-electron chi connectivity index (χ3n) is 4.31. The number of benzene rings is 1. The third kappa shape index (κ3) is 3.42. The van der Waals surface area contributed by atoms with Gasteiger partial charge in [0.15, 0.2) is 0 Å². The molecule has 0 aromatic heterocycles. The Balaban J connectivity index is 2.55. The minimum absolute atomic E-state index is 0.0742. The van der Waals surface area contributed by atoms with Gasteiger partial charge in [-0.2, -0.15) is 13.2 Å². The molecule has 1 fully saturated rings. The molecule has 1 aromatic rings. The third-order valence-corrected chi connectivity index (χ3v) is 4.31. The molecule has 0 spiro atoms. The molecule has 1 nitrogen and oxygen atoms in total. The Bertz CT molecular complexity index is 513. The maximum atomic E-state index is 13.3. The summed E-state index contributed by atoms with van der Waals surface area (Å²) in [6, 6.07) is 5.75. The molecule has 21 heavy (non-hydrogen) atoms. The molecule has 1 aliphatic carbocycles. The molecule has 0 aliphatic heterocycles. The Morgan fingerprint density at radius 3 is 1.86 bits per heavy atom. The van der Waals surface area contributed by atoms with Crippen LogP contribution in [0.1, 0.15) is 58.1 Å². The van der Waals surface area contributed by atoms with Crippen LogP contribution in [0.5, 0.6) is 0 Å². The van der Waals surface area contributed by atoms with Crippen LogP contribution < -0.4 is 5.73 Å². The fourth-order valence-electron chi connectivity index (χ4n) is 4.55. The van der Waals surface area contributed by atoms with Crippen molar-refractivity contribution >= 4 is 0 Å². The predicted molar refractivity (Wildman–Crippen MR) is 78.7 cm³/mol. The van der Waals surface area contributed by atoms with Crippen molar-refractivity contribution in [3.8, 4) is 0 Å². The van der Waals surface area contributed by atoms with Gasteiger partial charge in [-0.1, -0.05) is 45.9 Å². The summed E-state index contributed by atoms with van der Waals surface area (Å²) in [4.78, 5) is 0. The number of hydrogen-bond acceptors (Lipinski definition) is 1. The lowest BCUT2D eigenvalue weighted by atomic mass is 9.57. The summed E-state index contributed by atoms with van der Waals surface area (Å²) in [6.45, 7) is 8.36. The zero-order chi connectivity index (χ0) is 16.1. The summed E-state index contributed by atoms with van der Waals surface area (Å²) >= 11 is 0. The Morgan fingerprint density at radius 1 is 0.905 bits per heavy atom. The van der Waals surface area contributed by atoms with Crippen LogP contribution in [-0.4, -0.2) is 0 Å². The van der Waals surface area contributed by atoms with E-state index in [1.165, 1.54) is 6.07 Å². The van der Waals surface area contributed by atoms with Crippen LogP contribution in [0.15, 0.2) is 24.3 Å². The number of halogens is 3. The Labute approximate surface area is 124 Å². The van der Waals surface area contributed by atoms with Crippen molar-refractivity contribution in [2.45, 2.75) is 58.7 Å². The first-order valence-electron chi connectivity index (χ1n) is 7.30. The standard InChI is InChI=1S/C17H24F3N/c1-14(2)9-15(3,4)11-16(21,10-14)12-7-5-6-8-13(12)17(18,19)20/h5-8H,9-11,21H2,1-4H3. The highest BCUT2D eigenvalue weighted by atomic mass is 19.4. The lowest BCUT2D eigenvalue weighted by Crippen LogP contribution is -2.50. The maximum absolute atomic E-state index is 13.3. The van der Waals surface area contributed by atoms with E-state index in [4.69, 9.17) is 5.73 Å². The predicted octanol–water partition coefficient (Wildman–Crippen LogP) is 5.10. The molecule has 2 N–H and O–H groups in total. The van der Waals surface area contributed by atoms with Crippen LogP contribution in [0.2, 0.25) is 0 Å². The fraction of sp³-hybridized carbons (Fsp3) is 0.647. The first kappa shape index (κ1) is 16.3. The average molecular weight is 299 g/mol. The Kier molecular flexibility index (Phi) is 3.68. The highest BCUT2D eigenvalue weighted by Crippen LogP contribution is 2.54. The molecule has 0 heterocycles. The smallest absolute Gasteiger partial charge is 0.321 e. The van der Waals surface area contributed by atoms with Crippen LogP contribution in [0.4, 0.5) is 13.2 Å². The van der Waals surface area contributed by atoms with Gasteiger partial charge in [0.25, 0.3) is 0 Å². The molecule has 1 aliphatic rings. The summed E-state index contributed by atoms with van der Waals surface area (Å²) in [6.07, 6.45) is -2.27. The van der Waals surface area contributed by atoms with Crippen LogP contribution in [-0.2, 0) is 11.7 Å².